The minimum atomic E-state index is 0. The molecule has 0 spiro atoms. The molecule has 0 saturated carbocycles. The molecule has 0 fully saturated rings. The van der Waals surface area contributed by atoms with Crippen molar-refractivity contribution < 1.29 is 18.9 Å². The van der Waals surface area contributed by atoms with Gasteiger partial charge in [0.25, 0.3) is 0 Å². The smallest absolute Gasteiger partial charge is 0.494 e. The summed E-state index contributed by atoms with van der Waals surface area (Å²) in [5, 5.41) is 4.12. The van der Waals surface area contributed by atoms with Gasteiger partial charge in [0.1, 0.15) is 23.0 Å². The van der Waals surface area contributed by atoms with Crippen LogP contribution in [-0.4, -0.2) is 90.7 Å². The molecule has 0 radical (unpaired) electrons. The fourth-order valence-corrected chi connectivity index (χ4v) is 11.9. The SMILES string of the molecule is BrCCCCCCOc1cccc(-c2c3nc(c(-c4cccc(OCCCCCCBr)c4)c4ccc([nH]4)c(-c4cccc(OCCCCCCBr)c4)c4nc(c(-c5cccc(OCCCCCCBr)c5)c5ccc2[nH]5)C=C4)C=C3)c1.[Mg+2]. The minimum absolute atomic E-state index is 0. The molecule has 0 aliphatic carbocycles. The summed E-state index contributed by atoms with van der Waals surface area (Å²) in [4.78, 5) is 19.1. The summed E-state index contributed by atoms with van der Waals surface area (Å²) in [5.74, 6) is 3.33. The standard InChI is InChI=1S/C68H74Br4N4O4.Mg/c69-37-9-1-5-13-41-77-53-25-17-21-49(45-53)65-57-29-31-59(73-57)66(50-22-18-26-54(46-50)78-42-14-6-2-10-38-70)61-33-35-63(75-61)68(52-24-20-28-56(48-52)80-44-16-8-4-12-40-72)64-36-34-62(76-64)67(60-32-30-58(65)74-60)51-23-19-27-55(47-51)79-43-15-7-3-11-39-71;/h17-36,45-48,73,76H,1-16,37-44H2;/q;+2. The second kappa shape index (κ2) is 33.6. The van der Waals surface area contributed by atoms with E-state index in [2.05, 4.69) is 219 Å². The van der Waals surface area contributed by atoms with E-state index in [1.54, 1.807) is 0 Å². The second-order valence-corrected chi connectivity index (χ2v) is 23.6. The molecule has 418 valence electrons. The summed E-state index contributed by atoms with van der Waals surface area (Å²) in [7, 11) is 0. The minimum Gasteiger partial charge on any atom is -0.494 e. The number of hydrogen-bond acceptors (Lipinski definition) is 6. The fourth-order valence-electron chi connectivity index (χ4n) is 10.3. The van der Waals surface area contributed by atoms with Crippen molar-refractivity contribution in [1.82, 2.24) is 19.9 Å². The van der Waals surface area contributed by atoms with Gasteiger partial charge >= 0.3 is 23.1 Å². The summed E-state index contributed by atoms with van der Waals surface area (Å²) in [6.45, 7) is 2.64. The molecule has 7 aromatic rings. The molecule has 0 unspecified atom stereocenters. The van der Waals surface area contributed by atoms with Gasteiger partial charge in [-0.25, -0.2) is 9.97 Å². The molecule has 2 aliphatic heterocycles. The Balaban J connectivity index is 0.00000860. The number of aromatic nitrogens is 4. The van der Waals surface area contributed by atoms with Gasteiger partial charge in [-0.1, -0.05) is 164 Å². The first-order chi connectivity index (χ1) is 39.5. The molecular formula is C68H74Br4MgN4O4+2. The van der Waals surface area contributed by atoms with Crippen LogP contribution in [0.1, 0.15) is 126 Å². The molecule has 5 heterocycles. The number of nitrogens with zero attached hydrogens (tertiary/aromatic N) is 2. The van der Waals surface area contributed by atoms with Crippen molar-refractivity contribution in [2.45, 2.75) is 103 Å². The summed E-state index contributed by atoms with van der Waals surface area (Å²) in [5.41, 5.74) is 14.9. The molecule has 2 N–H and O–H groups in total. The Morgan fingerprint density at radius 2 is 0.531 bits per heavy atom. The van der Waals surface area contributed by atoms with E-state index in [4.69, 9.17) is 28.9 Å². The summed E-state index contributed by atoms with van der Waals surface area (Å²) >= 11 is 14.3. The Morgan fingerprint density at radius 1 is 0.296 bits per heavy atom. The van der Waals surface area contributed by atoms with Gasteiger partial charge < -0.3 is 28.9 Å². The number of hydrogen-bond donors (Lipinski definition) is 2. The van der Waals surface area contributed by atoms with Gasteiger partial charge in [0.15, 0.2) is 0 Å². The molecule has 4 aromatic carbocycles. The third-order valence-corrected chi connectivity index (χ3v) is 16.7. The molecule has 0 amide bonds. The third kappa shape index (κ3) is 17.7. The van der Waals surface area contributed by atoms with Crippen LogP contribution in [0.2, 0.25) is 0 Å². The van der Waals surface area contributed by atoms with E-state index in [1.807, 2.05) is 0 Å². The second-order valence-electron chi connectivity index (χ2n) is 20.4. The normalized spacial score (nSPS) is 11.7. The van der Waals surface area contributed by atoms with Crippen LogP contribution in [-0.2, 0) is 0 Å². The van der Waals surface area contributed by atoms with Gasteiger partial charge in [-0.05, 0) is 171 Å². The zero-order valence-corrected chi connectivity index (χ0v) is 54.3. The Labute approximate surface area is 529 Å². The molecular weight excluding hydrogens is 1280 g/mol. The molecule has 9 rings (SSSR count). The predicted octanol–water partition coefficient (Wildman–Crippen LogP) is 20.3. The zero-order chi connectivity index (χ0) is 55.1. The van der Waals surface area contributed by atoms with Gasteiger partial charge in [0.2, 0.25) is 0 Å². The first kappa shape index (κ1) is 62.4. The largest absolute Gasteiger partial charge is 2.00 e. The Kier molecular flexibility index (Phi) is 25.9. The van der Waals surface area contributed by atoms with Crippen LogP contribution in [0.15, 0.2) is 121 Å². The number of nitrogens with one attached hydrogen (secondary N) is 2. The Hall–Kier alpha value is -4.63. The van der Waals surface area contributed by atoms with Crippen molar-refractivity contribution in [3.05, 3.63) is 144 Å². The van der Waals surface area contributed by atoms with Crippen LogP contribution in [0.3, 0.4) is 0 Å². The Bertz CT molecular complexity index is 2930. The van der Waals surface area contributed by atoms with Crippen molar-refractivity contribution in [3.63, 3.8) is 0 Å². The predicted molar refractivity (Wildman–Crippen MR) is 357 cm³/mol. The van der Waals surface area contributed by atoms with Crippen LogP contribution in [0.5, 0.6) is 23.0 Å². The maximum atomic E-state index is 6.46. The first-order valence-electron chi connectivity index (χ1n) is 28.9. The van der Waals surface area contributed by atoms with Crippen LogP contribution in [0, 0.1) is 0 Å². The molecule has 13 heteroatoms. The van der Waals surface area contributed by atoms with Crippen molar-refractivity contribution in [2.75, 3.05) is 47.7 Å². The average molecular weight is 1360 g/mol. The maximum absolute atomic E-state index is 6.46. The quantitative estimate of drug-likeness (QED) is 0.0248. The summed E-state index contributed by atoms with van der Waals surface area (Å²) in [6.07, 6.45) is 26.6. The van der Waals surface area contributed by atoms with E-state index in [0.29, 0.717) is 26.4 Å². The van der Waals surface area contributed by atoms with Crippen LogP contribution >= 0.6 is 63.7 Å². The van der Waals surface area contributed by atoms with Gasteiger partial charge in [-0.2, -0.15) is 0 Å². The fraction of sp³-hybridized carbons (Fsp3) is 0.353. The number of alkyl halides is 4. The van der Waals surface area contributed by atoms with E-state index >= 15 is 0 Å². The van der Waals surface area contributed by atoms with E-state index in [0.717, 1.165) is 185 Å². The van der Waals surface area contributed by atoms with Gasteiger partial charge in [-0.3, -0.25) is 0 Å². The molecule has 0 saturated heterocycles. The monoisotopic (exact) mass is 1350 g/mol. The zero-order valence-electron chi connectivity index (χ0n) is 46.6. The van der Waals surface area contributed by atoms with Gasteiger partial charge in [-0.15, -0.1) is 0 Å². The maximum Gasteiger partial charge on any atom is 2.00 e. The van der Waals surface area contributed by atoms with Crippen LogP contribution in [0.25, 0.3) is 90.9 Å². The molecule has 8 bridgehead atoms. The van der Waals surface area contributed by atoms with Crippen molar-refractivity contribution in [3.8, 4) is 67.5 Å². The first-order valence-corrected chi connectivity index (χ1v) is 33.3. The number of halogens is 4. The van der Waals surface area contributed by atoms with Crippen molar-refractivity contribution in [1.29, 1.82) is 0 Å². The number of ether oxygens (including phenoxy) is 4. The number of fused-ring (bicyclic) bond motifs is 8. The third-order valence-electron chi connectivity index (χ3n) is 14.4. The van der Waals surface area contributed by atoms with Crippen LogP contribution in [0.4, 0.5) is 0 Å². The van der Waals surface area contributed by atoms with Gasteiger partial charge in [0.05, 0.1) is 49.2 Å². The molecule has 0 atom stereocenters. The van der Waals surface area contributed by atoms with E-state index in [1.165, 1.54) is 51.4 Å². The number of rotatable bonds is 32. The average Bonchev–Trinajstić information content (AvgIpc) is 4.36. The topological polar surface area (TPSA) is 94.3 Å². The molecule has 2 aliphatic rings. The van der Waals surface area contributed by atoms with Crippen LogP contribution < -0.4 is 18.9 Å². The Morgan fingerprint density at radius 3 is 0.765 bits per heavy atom. The molecule has 3 aromatic heterocycles. The summed E-state index contributed by atoms with van der Waals surface area (Å²) in [6, 6.07) is 42.6. The van der Waals surface area contributed by atoms with Gasteiger partial charge in [0, 0.05) is 65.6 Å². The van der Waals surface area contributed by atoms with Crippen molar-refractivity contribution >= 4 is 133 Å². The summed E-state index contributed by atoms with van der Waals surface area (Å²) < 4.78 is 25.8. The van der Waals surface area contributed by atoms with E-state index in [-0.39, 0.29) is 23.1 Å². The molecule has 81 heavy (non-hydrogen) atoms. The van der Waals surface area contributed by atoms with E-state index < -0.39 is 0 Å². The number of aromatic amines is 2. The number of unbranched alkanes of at least 4 members (excludes halogenated alkanes) is 12. The molecule has 8 nitrogen and oxygen atoms in total. The van der Waals surface area contributed by atoms with E-state index in [9.17, 15) is 0 Å². The number of H-pyrrole nitrogens is 2. The number of benzene rings is 4. The van der Waals surface area contributed by atoms with Crippen molar-refractivity contribution in [2.24, 2.45) is 0 Å².